The number of primary amides is 1. The van der Waals surface area contributed by atoms with Crippen molar-refractivity contribution in [3.63, 3.8) is 0 Å². The fourth-order valence-electron chi connectivity index (χ4n) is 0.805. The maximum Gasteiger partial charge on any atom is 0.240 e. The topological polar surface area (TPSA) is 99.8 Å². The van der Waals surface area contributed by atoms with E-state index in [1.807, 2.05) is 0 Å². The molecule has 72 valence electrons. The molecule has 7 heteroatoms. The van der Waals surface area contributed by atoms with Crippen molar-refractivity contribution in [2.24, 2.45) is 11.7 Å². The maximum atomic E-state index is 10.7. The molecular formula is C6H10BrN5O. The van der Waals surface area contributed by atoms with E-state index in [1.165, 1.54) is 4.68 Å². The number of anilines is 1. The quantitative estimate of drug-likeness (QED) is 0.769. The Kier molecular flexibility index (Phi) is 2.86. The van der Waals surface area contributed by atoms with Gasteiger partial charge in [-0.1, -0.05) is 6.92 Å². The Labute approximate surface area is 83.4 Å². The molecule has 0 bridgehead atoms. The van der Waals surface area contributed by atoms with E-state index in [9.17, 15) is 4.79 Å². The number of hydrogen-bond acceptors (Lipinski definition) is 4. The van der Waals surface area contributed by atoms with Crippen molar-refractivity contribution in [3.05, 3.63) is 4.73 Å². The molecule has 0 aliphatic heterocycles. The van der Waals surface area contributed by atoms with Crippen LogP contribution < -0.4 is 11.5 Å². The molecule has 1 unspecified atom stereocenters. The number of amides is 1. The molecule has 1 rings (SSSR count). The van der Waals surface area contributed by atoms with Crippen molar-refractivity contribution in [2.75, 3.05) is 5.73 Å². The first-order valence-electron chi connectivity index (χ1n) is 3.66. The molecule has 0 aliphatic rings. The summed E-state index contributed by atoms with van der Waals surface area (Å²) in [6.45, 7) is 2.09. The number of rotatable bonds is 3. The zero-order valence-corrected chi connectivity index (χ0v) is 8.65. The second-order valence-corrected chi connectivity index (χ2v) is 3.43. The van der Waals surface area contributed by atoms with E-state index in [0.29, 0.717) is 11.3 Å². The number of carbonyl (C=O) groups excluding carboxylic acids is 1. The van der Waals surface area contributed by atoms with Crippen LogP contribution in [0, 0.1) is 5.92 Å². The number of carbonyl (C=O) groups is 1. The highest BCUT2D eigenvalue weighted by atomic mass is 79.9. The highest BCUT2D eigenvalue weighted by Crippen LogP contribution is 2.10. The molecule has 0 saturated carbocycles. The van der Waals surface area contributed by atoms with E-state index >= 15 is 0 Å². The number of hydrogen-bond donors (Lipinski definition) is 2. The van der Waals surface area contributed by atoms with Crippen molar-refractivity contribution in [3.8, 4) is 0 Å². The van der Waals surface area contributed by atoms with E-state index in [2.05, 4.69) is 26.0 Å². The Hall–Kier alpha value is -1.11. The summed E-state index contributed by atoms with van der Waals surface area (Å²) in [5, 5.41) is 3.86. The third-order valence-corrected chi connectivity index (χ3v) is 2.16. The highest BCUT2D eigenvalue weighted by Gasteiger charge is 2.12. The summed E-state index contributed by atoms with van der Waals surface area (Å²) in [6, 6.07) is 0. The molecule has 1 heterocycles. The van der Waals surface area contributed by atoms with Crippen molar-refractivity contribution in [2.45, 2.75) is 13.5 Å². The number of halogens is 1. The van der Waals surface area contributed by atoms with Crippen molar-refractivity contribution in [1.82, 2.24) is 14.8 Å². The van der Waals surface area contributed by atoms with Crippen molar-refractivity contribution >= 4 is 27.8 Å². The van der Waals surface area contributed by atoms with Gasteiger partial charge in [-0.25, -0.2) is 4.68 Å². The lowest BCUT2D eigenvalue weighted by Crippen LogP contribution is -2.25. The van der Waals surface area contributed by atoms with Gasteiger partial charge < -0.3 is 11.5 Å². The Morgan fingerprint density at radius 3 is 2.77 bits per heavy atom. The van der Waals surface area contributed by atoms with Crippen molar-refractivity contribution < 1.29 is 4.79 Å². The smallest absolute Gasteiger partial charge is 0.240 e. The molecule has 0 saturated heterocycles. The lowest BCUT2D eigenvalue weighted by Gasteiger charge is -2.06. The summed E-state index contributed by atoms with van der Waals surface area (Å²) in [6.07, 6.45) is 0. The van der Waals surface area contributed by atoms with Crippen LogP contribution in [0.15, 0.2) is 4.73 Å². The van der Waals surface area contributed by atoms with Crippen LogP contribution in [0.5, 0.6) is 0 Å². The molecule has 1 amide bonds. The molecule has 0 fully saturated rings. The molecular weight excluding hydrogens is 238 g/mol. The van der Waals surface area contributed by atoms with E-state index in [-0.39, 0.29) is 17.8 Å². The van der Waals surface area contributed by atoms with Gasteiger partial charge in [0, 0.05) is 0 Å². The summed E-state index contributed by atoms with van der Waals surface area (Å²) < 4.78 is 1.99. The van der Waals surface area contributed by atoms with Crippen LogP contribution in [0.1, 0.15) is 6.92 Å². The average molecular weight is 248 g/mol. The van der Waals surface area contributed by atoms with Gasteiger partial charge in [-0.2, -0.15) is 4.98 Å². The third kappa shape index (κ3) is 2.41. The van der Waals surface area contributed by atoms with Gasteiger partial charge in [0.1, 0.15) is 0 Å². The van der Waals surface area contributed by atoms with E-state index in [0.717, 1.165) is 0 Å². The van der Waals surface area contributed by atoms with Crippen LogP contribution in [-0.2, 0) is 11.3 Å². The summed E-state index contributed by atoms with van der Waals surface area (Å²) in [4.78, 5) is 14.6. The first-order chi connectivity index (χ1) is 6.00. The predicted octanol–water partition coefficient (Wildman–Crippen LogP) is -0.256. The van der Waals surface area contributed by atoms with Gasteiger partial charge in [-0.15, -0.1) is 5.10 Å². The van der Waals surface area contributed by atoms with Crippen molar-refractivity contribution in [1.29, 1.82) is 0 Å². The fraction of sp³-hybridized carbons (Fsp3) is 0.500. The fourth-order valence-corrected chi connectivity index (χ4v) is 1.21. The number of nitrogen functional groups attached to an aromatic ring is 1. The summed E-state index contributed by atoms with van der Waals surface area (Å²) >= 11 is 3.15. The lowest BCUT2D eigenvalue weighted by atomic mass is 10.2. The lowest BCUT2D eigenvalue weighted by molar-refractivity contribution is -0.121. The maximum absolute atomic E-state index is 10.7. The Balaban J connectivity index is 2.74. The Morgan fingerprint density at radius 2 is 2.38 bits per heavy atom. The summed E-state index contributed by atoms with van der Waals surface area (Å²) in [7, 11) is 0. The molecule has 0 radical (unpaired) electrons. The van der Waals surface area contributed by atoms with Gasteiger partial charge in [-0.05, 0) is 15.9 Å². The zero-order valence-electron chi connectivity index (χ0n) is 7.07. The Morgan fingerprint density at radius 1 is 1.77 bits per heavy atom. The average Bonchev–Trinajstić information content (AvgIpc) is 2.30. The van der Waals surface area contributed by atoms with Gasteiger partial charge >= 0.3 is 0 Å². The predicted molar refractivity (Wildman–Crippen MR) is 50.5 cm³/mol. The van der Waals surface area contributed by atoms with Crippen LogP contribution in [-0.4, -0.2) is 20.7 Å². The second kappa shape index (κ2) is 3.73. The van der Waals surface area contributed by atoms with Gasteiger partial charge in [0.25, 0.3) is 0 Å². The van der Waals surface area contributed by atoms with Crippen LogP contribution in [0.4, 0.5) is 5.95 Å². The molecule has 6 nitrogen and oxygen atoms in total. The van der Waals surface area contributed by atoms with E-state index < -0.39 is 0 Å². The third-order valence-electron chi connectivity index (χ3n) is 1.58. The molecule has 4 N–H and O–H groups in total. The van der Waals surface area contributed by atoms with Gasteiger partial charge in [0.2, 0.25) is 11.9 Å². The minimum atomic E-state index is -0.374. The Bertz CT molecular complexity index is 323. The first kappa shape index (κ1) is 9.97. The largest absolute Gasteiger partial charge is 0.369 e. The highest BCUT2D eigenvalue weighted by molar-refractivity contribution is 9.10. The molecule has 1 atom stereocenters. The minimum Gasteiger partial charge on any atom is -0.369 e. The zero-order chi connectivity index (χ0) is 10.0. The van der Waals surface area contributed by atoms with Gasteiger partial charge in [0.05, 0.1) is 12.5 Å². The monoisotopic (exact) mass is 247 g/mol. The summed E-state index contributed by atoms with van der Waals surface area (Å²) in [5.74, 6) is -0.498. The van der Waals surface area contributed by atoms with Gasteiger partial charge in [-0.3, -0.25) is 4.79 Å². The summed E-state index contributed by atoms with van der Waals surface area (Å²) in [5.41, 5.74) is 10.4. The molecule has 0 aliphatic carbocycles. The van der Waals surface area contributed by atoms with Crippen LogP contribution >= 0.6 is 15.9 Å². The molecule has 0 aromatic carbocycles. The van der Waals surface area contributed by atoms with Gasteiger partial charge in [0.15, 0.2) is 4.73 Å². The van der Waals surface area contributed by atoms with Crippen LogP contribution in [0.2, 0.25) is 0 Å². The molecule has 1 aromatic heterocycles. The number of aromatic nitrogens is 3. The second-order valence-electron chi connectivity index (χ2n) is 2.72. The van der Waals surface area contributed by atoms with E-state index in [4.69, 9.17) is 11.5 Å². The van der Waals surface area contributed by atoms with Crippen LogP contribution in [0.3, 0.4) is 0 Å². The van der Waals surface area contributed by atoms with E-state index in [1.54, 1.807) is 6.92 Å². The number of nitrogens with two attached hydrogens (primary N) is 2. The first-order valence-corrected chi connectivity index (χ1v) is 4.45. The number of nitrogens with zero attached hydrogens (tertiary/aromatic N) is 3. The molecule has 1 aromatic rings. The standard InChI is InChI=1S/C6H10BrN5O/c1-3(4(8)13)2-12-5(7)10-6(9)11-12/h3H,2H2,1H3,(H2,8,13)(H2,9,11). The normalized spacial score (nSPS) is 12.8. The van der Waals surface area contributed by atoms with Crippen LogP contribution in [0.25, 0.3) is 0 Å². The SMILES string of the molecule is CC(Cn1nc(N)nc1Br)C(N)=O. The molecule has 0 spiro atoms. The minimum absolute atomic E-state index is 0.170. The molecule has 13 heavy (non-hydrogen) atoms.